The van der Waals surface area contributed by atoms with Crippen LogP contribution >= 0.6 is 0 Å². The zero-order valence-electron chi connectivity index (χ0n) is 10.4. The number of carbonyl (C=O) groups excluding carboxylic acids is 1. The molecule has 0 N–H and O–H groups in total. The topological polar surface area (TPSA) is 39.8 Å². The highest BCUT2D eigenvalue weighted by Crippen LogP contribution is 2.21. The summed E-state index contributed by atoms with van der Waals surface area (Å²) >= 11 is 0. The van der Waals surface area contributed by atoms with Crippen molar-refractivity contribution in [2.45, 2.75) is 13.1 Å². The number of halogens is 2. The van der Waals surface area contributed by atoms with E-state index in [1.165, 1.54) is 12.4 Å². The number of carbonyl (C=O) groups is 1. The zero-order chi connectivity index (χ0) is 14.1. The van der Waals surface area contributed by atoms with Crippen molar-refractivity contribution in [1.29, 1.82) is 0 Å². The fourth-order valence-corrected chi connectivity index (χ4v) is 2.31. The summed E-state index contributed by atoms with van der Waals surface area (Å²) in [5.41, 5.74) is 1.26. The average molecular weight is 275 g/mol. The Kier molecular flexibility index (Phi) is 3.06. The smallest absolute Gasteiger partial charge is 0.319 e. The van der Waals surface area contributed by atoms with Crippen LogP contribution in [0, 0.1) is 0 Å². The minimum atomic E-state index is -2.63. The van der Waals surface area contributed by atoms with Gasteiger partial charge in [0.05, 0.1) is 12.1 Å². The summed E-state index contributed by atoms with van der Waals surface area (Å²) in [7, 11) is 0. The van der Waals surface area contributed by atoms with Gasteiger partial charge in [-0.3, -0.25) is 9.36 Å². The number of benzene rings is 1. The van der Waals surface area contributed by atoms with Crippen molar-refractivity contribution in [1.82, 2.24) is 14.1 Å². The lowest BCUT2D eigenvalue weighted by molar-refractivity contribution is 0.0667. The predicted molar refractivity (Wildman–Crippen MR) is 69.9 cm³/mol. The summed E-state index contributed by atoms with van der Waals surface area (Å²) in [5.74, 6) is 0.248. The molecule has 3 aromatic rings. The molecule has 0 aliphatic carbocycles. The highest BCUT2D eigenvalue weighted by atomic mass is 19.3. The van der Waals surface area contributed by atoms with Crippen molar-refractivity contribution in [3.63, 3.8) is 0 Å². The molecule has 2 aromatic heterocycles. The fraction of sp³-hybridized carbons (Fsp3) is 0.143. The third-order valence-electron chi connectivity index (χ3n) is 3.22. The molecule has 0 unspecified atom stereocenters. The first-order valence-electron chi connectivity index (χ1n) is 6.03. The Hall–Kier alpha value is -2.50. The molecule has 20 heavy (non-hydrogen) atoms. The van der Waals surface area contributed by atoms with Crippen molar-refractivity contribution < 1.29 is 13.6 Å². The van der Waals surface area contributed by atoms with Crippen LogP contribution in [0.3, 0.4) is 0 Å². The number of aldehydes is 1. The minimum absolute atomic E-state index is 0.186. The van der Waals surface area contributed by atoms with Crippen LogP contribution in [0.15, 0.2) is 42.9 Å². The molecule has 0 amide bonds. The maximum absolute atomic E-state index is 12.8. The lowest BCUT2D eigenvalue weighted by atomic mass is 10.1. The molecule has 6 heteroatoms. The van der Waals surface area contributed by atoms with E-state index < -0.39 is 6.55 Å². The highest BCUT2D eigenvalue weighted by molar-refractivity contribution is 5.96. The molecule has 1 aromatic carbocycles. The van der Waals surface area contributed by atoms with Gasteiger partial charge in [0.1, 0.15) is 5.82 Å². The van der Waals surface area contributed by atoms with E-state index in [4.69, 9.17) is 0 Å². The lowest BCUT2D eigenvalue weighted by Gasteiger charge is -2.09. The summed E-state index contributed by atoms with van der Waals surface area (Å²) < 4.78 is 28.2. The number of hydrogen-bond acceptors (Lipinski definition) is 2. The van der Waals surface area contributed by atoms with Gasteiger partial charge in [0, 0.05) is 29.5 Å². The lowest BCUT2D eigenvalue weighted by Crippen LogP contribution is -2.08. The van der Waals surface area contributed by atoms with E-state index in [9.17, 15) is 13.6 Å². The van der Waals surface area contributed by atoms with Gasteiger partial charge < -0.3 is 4.57 Å². The fourth-order valence-electron chi connectivity index (χ4n) is 2.31. The molecule has 0 radical (unpaired) electrons. The molecular weight excluding hydrogens is 264 g/mol. The van der Waals surface area contributed by atoms with E-state index in [0.29, 0.717) is 5.56 Å². The third kappa shape index (κ3) is 1.99. The van der Waals surface area contributed by atoms with E-state index in [0.717, 1.165) is 21.8 Å². The molecule has 0 fully saturated rings. The normalized spacial score (nSPS) is 11.3. The van der Waals surface area contributed by atoms with Crippen LogP contribution in [0.1, 0.15) is 22.7 Å². The van der Waals surface area contributed by atoms with Gasteiger partial charge >= 0.3 is 6.55 Å². The van der Waals surface area contributed by atoms with Crippen LogP contribution in [0.25, 0.3) is 10.9 Å². The van der Waals surface area contributed by atoms with Gasteiger partial charge in [0.15, 0.2) is 6.29 Å². The number of rotatable bonds is 4. The molecule has 3 rings (SSSR count). The van der Waals surface area contributed by atoms with Crippen molar-refractivity contribution in [2.24, 2.45) is 0 Å². The molecule has 0 bridgehead atoms. The first-order chi connectivity index (χ1) is 9.70. The van der Waals surface area contributed by atoms with E-state index in [1.54, 1.807) is 22.9 Å². The van der Waals surface area contributed by atoms with Crippen molar-refractivity contribution in [3.05, 3.63) is 54.2 Å². The van der Waals surface area contributed by atoms with Gasteiger partial charge in [0.25, 0.3) is 0 Å². The van der Waals surface area contributed by atoms with Gasteiger partial charge in [-0.05, 0) is 12.1 Å². The Bertz CT molecular complexity index is 761. The maximum Gasteiger partial charge on any atom is 0.319 e. The van der Waals surface area contributed by atoms with Crippen LogP contribution in [0.2, 0.25) is 0 Å². The number of aromatic nitrogens is 3. The van der Waals surface area contributed by atoms with E-state index in [-0.39, 0.29) is 12.4 Å². The Morgan fingerprint density at radius 1 is 1.25 bits per heavy atom. The van der Waals surface area contributed by atoms with E-state index in [1.807, 2.05) is 12.1 Å². The Morgan fingerprint density at radius 2 is 2.10 bits per heavy atom. The average Bonchev–Trinajstić information content (AvgIpc) is 3.06. The SMILES string of the molecule is O=Cc1cccc2ccn(Cc3nccn3C(F)F)c12. The maximum atomic E-state index is 12.8. The van der Waals surface area contributed by atoms with E-state index >= 15 is 0 Å². The van der Waals surface area contributed by atoms with Crippen LogP contribution in [0.4, 0.5) is 8.78 Å². The van der Waals surface area contributed by atoms with E-state index in [2.05, 4.69) is 4.98 Å². The van der Waals surface area contributed by atoms with Crippen molar-refractivity contribution in [2.75, 3.05) is 0 Å². The number of nitrogens with zero attached hydrogens (tertiary/aromatic N) is 3. The second kappa shape index (κ2) is 4.88. The summed E-state index contributed by atoms with van der Waals surface area (Å²) in [5, 5.41) is 0.893. The van der Waals surface area contributed by atoms with Gasteiger partial charge in [-0.1, -0.05) is 12.1 Å². The molecule has 4 nitrogen and oxygen atoms in total. The molecule has 0 spiro atoms. The Balaban J connectivity index is 2.07. The summed E-state index contributed by atoms with van der Waals surface area (Å²) in [6, 6.07) is 7.21. The summed E-state index contributed by atoms with van der Waals surface area (Å²) in [6.45, 7) is -2.44. The van der Waals surface area contributed by atoms with Crippen LogP contribution in [-0.2, 0) is 6.54 Å². The van der Waals surface area contributed by atoms with Crippen molar-refractivity contribution in [3.8, 4) is 0 Å². The first-order valence-corrected chi connectivity index (χ1v) is 6.03. The first kappa shape index (κ1) is 12.5. The molecule has 0 atom stereocenters. The molecule has 0 saturated carbocycles. The van der Waals surface area contributed by atoms with Gasteiger partial charge in [0.2, 0.25) is 0 Å². The standard InChI is InChI=1S/C14H11F2N3O/c15-14(16)19-7-5-17-12(19)8-18-6-4-10-2-1-3-11(9-20)13(10)18/h1-7,9,14H,8H2. The molecule has 102 valence electrons. The predicted octanol–water partition coefficient (Wildman–Crippen LogP) is 3.09. The molecule has 0 aliphatic rings. The number of imidazole rings is 1. The monoisotopic (exact) mass is 275 g/mol. The molecular formula is C14H11F2N3O. The minimum Gasteiger partial charge on any atom is -0.339 e. The van der Waals surface area contributed by atoms with Crippen LogP contribution in [0.5, 0.6) is 0 Å². The number of para-hydroxylation sites is 1. The van der Waals surface area contributed by atoms with Gasteiger partial charge in [-0.25, -0.2) is 4.98 Å². The molecule has 0 aliphatic heterocycles. The van der Waals surface area contributed by atoms with Gasteiger partial charge in [-0.2, -0.15) is 8.78 Å². The van der Waals surface area contributed by atoms with Gasteiger partial charge in [-0.15, -0.1) is 0 Å². The number of alkyl halides is 2. The largest absolute Gasteiger partial charge is 0.339 e. The second-order valence-corrected chi connectivity index (χ2v) is 4.37. The number of fused-ring (bicyclic) bond motifs is 1. The highest BCUT2D eigenvalue weighted by Gasteiger charge is 2.13. The third-order valence-corrected chi connectivity index (χ3v) is 3.22. The quantitative estimate of drug-likeness (QED) is 0.686. The van der Waals surface area contributed by atoms with Crippen LogP contribution in [-0.4, -0.2) is 20.4 Å². The molecule has 2 heterocycles. The zero-order valence-corrected chi connectivity index (χ0v) is 10.4. The number of hydrogen-bond donors (Lipinski definition) is 0. The Morgan fingerprint density at radius 3 is 2.85 bits per heavy atom. The molecule has 0 saturated heterocycles. The summed E-state index contributed by atoms with van der Waals surface area (Å²) in [6.07, 6.45) is 5.11. The second-order valence-electron chi connectivity index (χ2n) is 4.37. The summed E-state index contributed by atoms with van der Waals surface area (Å²) in [4.78, 5) is 15.0. The van der Waals surface area contributed by atoms with Crippen LogP contribution < -0.4 is 0 Å². The Labute approximate surface area is 113 Å². The van der Waals surface area contributed by atoms with Crippen molar-refractivity contribution >= 4 is 17.2 Å².